The third kappa shape index (κ3) is 5.54. The normalized spacial score (nSPS) is 10.8. The van der Waals surface area contributed by atoms with Gasteiger partial charge in [0.25, 0.3) is 0 Å². The molecule has 0 aromatic carbocycles. The Kier molecular flexibility index (Phi) is 7.49. The summed E-state index contributed by atoms with van der Waals surface area (Å²) in [5, 5.41) is 3.38. The van der Waals surface area contributed by atoms with E-state index in [2.05, 4.69) is 34.9 Å². The zero-order valence-corrected chi connectivity index (χ0v) is 12.0. The molecule has 0 aliphatic rings. The van der Waals surface area contributed by atoms with Gasteiger partial charge in [-0.2, -0.15) is 0 Å². The van der Waals surface area contributed by atoms with E-state index < -0.39 is 0 Å². The zero-order chi connectivity index (χ0) is 13.2. The first kappa shape index (κ1) is 15.0. The Morgan fingerprint density at radius 2 is 2.00 bits per heavy atom. The molecule has 104 valence electrons. The minimum absolute atomic E-state index is 0.762. The molecule has 0 saturated carbocycles. The molecule has 18 heavy (non-hydrogen) atoms. The number of rotatable bonds is 10. The number of anilines is 1. The van der Waals surface area contributed by atoms with Gasteiger partial charge in [-0.15, -0.1) is 0 Å². The molecule has 0 bridgehead atoms. The summed E-state index contributed by atoms with van der Waals surface area (Å²) in [6, 6.07) is 0. The monoisotopic (exact) mass is 253 g/mol. The lowest BCUT2D eigenvalue weighted by molar-refractivity contribution is 0.124. The van der Waals surface area contributed by atoms with Gasteiger partial charge in [0.1, 0.15) is 0 Å². The van der Waals surface area contributed by atoms with Crippen LogP contribution >= 0.6 is 0 Å². The molecule has 0 aliphatic carbocycles. The van der Waals surface area contributed by atoms with E-state index in [1.165, 1.54) is 19.3 Å². The van der Waals surface area contributed by atoms with Crippen LogP contribution in [-0.4, -0.2) is 29.3 Å². The van der Waals surface area contributed by atoms with Crippen LogP contribution in [0.25, 0.3) is 0 Å². The maximum absolute atomic E-state index is 5.59. The van der Waals surface area contributed by atoms with Gasteiger partial charge in [0, 0.05) is 25.9 Å². The second-order valence-corrected chi connectivity index (χ2v) is 4.65. The SMILES string of the molecule is CCCCNc1nc(C)cn1CCOCCCC. The number of ether oxygens (including phenoxy) is 1. The highest BCUT2D eigenvalue weighted by atomic mass is 16.5. The van der Waals surface area contributed by atoms with Gasteiger partial charge in [0.05, 0.1) is 12.3 Å². The molecule has 1 N–H and O–H groups in total. The van der Waals surface area contributed by atoms with Crippen LogP contribution in [0.15, 0.2) is 6.20 Å². The van der Waals surface area contributed by atoms with E-state index in [1.54, 1.807) is 0 Å². The summed E-state index contributed by atoms with van der Waals surface area (Å²) in [5.74, 6) is 0.972. The molecule has 0 amide bonds. The van der Waals surface area contributed by atoms with Crippen LogP contribution in [0.3, 0.4) is 0 Å². The third-order valence-electron chi connectivity index (χ3n) is 2.83. The van der Waals surface area contributed by atoms with E-state index in [0.717, 1.165) is 44.4 Å². The minimum atomic E-state index is 0.762. The first-order chi connectivity index (χ1) is 8.77. The molecule has 4 nitrogen and oxygen atoms in total. The van der Waals surface area contributed by atoms with Gasteiger partial charge < -0.3 is 14.6 Å². The van der Waals surface area contributed by atoms with E-state index in [4.69, 9.17) is 4.74 Å². The van der Waals surface area contributed by atoms with E-state index in [1.807, 2.05) is 6.92 Å². The highest BCUT2D eigenvalue weighted by Crippen LogP contribution is 2.08. The van der Waals surface area contributed by atoms with Gasteiger partial charge in [-0.05, 0) is 19.8 Å². The lowest BCUT2D eigenvalue weighted by Gasteiger charge is -2.09. The number of nitrogens with zero attached hydrogens (tertiary/aromatic N) is 2. The number of aryl methyl sites for hydroxylation is 1. The summed E-state index contributed by atoms with van der Waals surface area (Å²) in [6.45, 7) is 9.89. The molecule has 0 aliphatic heterocycles. The fourth-order valence-electron chi connectivity index (χ4n) is 1.75. The molecule has 1 aromatic heterocycles. The third-order valence-corrected chi connectivity index (χ3v) is 2.83. The standard InChI is InChI=1S/C14H27N3O/c1-4-6-8-15-14-16-13(3)12-17(14)9-11-18-10-7-5-2/h12H,4-11H2,1-3H3,(H,15,16). The molecule has 0 atom stereocenters. The lowest BCUT2D eigenvalue weighted by atomic mass is 10.3. The summed E-state index contributed by atoms with van der Waals surface area (Å²) in [6.07, 6.45) is 6.79. The van der Waals surface area contributed by atoms with Crippen molar-refractivity contribution in [3.63, 3.8) is 0 Å². The average Bonchev–Trinajstić information content (AvgIpc) is 2.70. The molecule has 1 rings (SSSR count). The number of imidazole rings is 1. The van der Waals surface area contributed by atoms with Crippen molar-refractivity contribution in [3.8, 4) is 0 Å². The van der Waals surface area contributed by atoms with Crippen molar-refractivity contribution in [1.82, 2.24) is 9.55 Å². The van der Waals surface area contributed by atoms with E-state index in [-0.39, 0.29) is 0 Å². The van der Waals surface area contributed by atoms with Crippen molar-refractivity contribution >= 4 is 5.95 Å². The van der Waals surface area contributed by atoms with Crippen LogP contribution in [0.1, 0.15) is 45.2 Å². The van der Waals surface area contributed by atoms with Gasteiger partial charge in [-0.25, -0.2) is 4.98 Å². The predicted molar refractivity (Wildman–Crippen MR) is 76.1 cm³/mol. The van der Waals surface area contributed by atoms with Gasteiger partial charge in [0.15, 0.2) is 0 Å². The summed E-state index contributed by atoms with van der Waals surface area (Å²) in [4.78, 5) is 4.49. The fraction of sp³-hybridized carbons (Fsp3) is 0.786. The average molecular weight is 253 g/mol. The van der Waals surface area contributed by atoms with E-state index in [0.29, 0.717) is 0 Å². The van der Waals surface area contributed by atoms with Crippen molar-refractivity contribution in [2.24, 2.45) is 0 Å². The molecule has 4 heteroatoms. The Morgan fingerprint density at radius 1 is 1.22 bits per heavy atom. The zero-order valence-electron chi connectivity index (χ0n) is 12.0. The molecule has 0 unspecified atom stereocenters. The summed E-state index contributed by atoms with van der Waals surface area (Å²) in [7, 11) is 0. The Labute approximate surface area is 111 Å². The molecular formula is C14H27N3O. The number of hydrogen-bond donors (Lipinski definition) is 1. The molecule has 0 spiro atoms. The second-order valence-electron chi connectivity index (χ2n) is 4.65. The highest BCUT2D eigenvalue weighted by molar-refractivity contribution is 5.28. The van der Waals surface area contributed by atoms with Gasteiger partial charge in [-0.1, -0.05) is 26.7 Å². The smallest absolute Gasteiger partial charge is 0.203 e. The number of nitrogens with one attached hydrogen (secondary N) is 1. The van der Waals surface area contributed by atoms with Crippen molar-refractivity contribution in [3.05, 3.63) is 11.9 Å². The quantitative estimate of drug-likeness (QED) is 0.651. The molecule has 1 aromatic rings. The second kappa shape index (κ2) is 8.97. The maximum Gasteiger partial charge on any atom is 0.203 e. The Balaban J connectivity index is 2.33. The Hall–Kier alpha value is -1.03. The number of hydrogen-bond acceptors (Lipinski definition) is 3. The first-order valence-corrected chi connectivity index (χ1v) is 7.13. The Bertz CT molecular complexity index is 323. The first-order valence-electron chi connectivity index (χ1n) is 7.13. The van der Waals surface area contributed by atoms with Gasteiger partial charge >= 0.3 is 0 Å². The predicted octanol–water partition coefficient (Wildman–Crippen LogP) is 3.22. The molecule has 1 heterocycles. The highest BCUT2D eigenvalue weighted by Gasteiger charge is 2.04. The molecule has 0 saturated heterocycles. The summed E-state index contributed by atoms with van der Waals surface area (Å²) >= 11 is 0. The topological polar surface area (TPSA) is 39.1 Å². The van der Waals surface area contributed by atoms with Crippen LogP contribution in [0.4, 0.5) is 5.95 Å². The van der Waals surface area contributed by atoms with E-state index >= 15 is 0 Å². The largest absolute Gasteiger partial charge is 0.380 e. The van der Waals surface area contributed by atoms with Gasteiger partial charge in [-0.3, -0.25) is 0 Å². The minimum Gasteiger partial charge on any atom is -0.380 e. The molecule has 0 fully saturated rings. The van der Waals surface area contributed by atoms with Crippen LogP contribution in [0, 0.1) is 6.92 Å². The van der Waals surface area contributed by atoms with Crippen LogP contribution in [-0.2, 0) is 11.3 Å². The summed E-state index contributed by atoms with van der Waals surface area (Å²) in [5.41, 5.74) is 1.06. The number of aromatic nitrogens is 2. The molecule has 0 radical (unpaired) electrons. The lowest BCUT2D eigenvalue weighted by Crippen LogP contribution is -2.11. The van der Waals surface area contributed by atoms with Crippen molar-refractivity contribution in [1.29, 1.82) is 0 Å². The Morgan fingerprint density at radius 3 is 2.72 bits per heavy atom. The van der Waals surface area contributed by atoms with Crippen molar-refractivity contribution < 1.29 is 4.74 Å². The van der Waals surface area contributed by atoms with Crippen molar-refractivity contribution in [2.75, 3.05) is 25.1 Å². The van der Waals surface area contributed by atoms with Crippen molar-refractivity contribution in [2.45, 2.75) is 53.0 Å². The maximum atomic E-state index is 5.59. The molecular weight excluding hydrogens is 226 g/mol. The van der Waals surface area contributed by atoms with Gasteiger partial charge in [0.2, 0.25) is 5.95 Å². The van der Waals surface area contributed by atoms with E-state index in [9.17, 15) is 0 Å². The van der Waals surface area contributed by atoms with Crippen LogP contribution in [0.5, 0.6) is 0 Å². The summed E-state index contributed by atoms with van der Waals surface area (Å²) < 4.78 is 7.74. The number of unbranched alkanes of at least 4 members (excludes halogenated alkanes) is 2. The fourth-order valence-corrected chi connectivity index (χ4v) is 1.75. The van der Waals surface area contributed by atoms with Crippen LogP contribution < -0.4 is 5.32 Å². The van der Waals surface area contributed by atoms with Crippen LogP contribution in [0.2, 0.25) is 0 Å².